The molecular formula is C9H9NO2. The zero-order chi connectivity index (χ0) is 8.39. The molecule has 2 rings (SSSR count). The predicted molar refractivity (Wildman–Crippen MR) is 45.0 cm³/mol. The zero-order valence-corrected chi connectivity index (χ0v) is 6.40. The van der Waals surface area contributed by atoms with Crippen LogP contribution in [0, 0.1) is 0 Å². The van der Waals surface area contributed by atoms with E-state index in [0.29, 0.717) is 0 Å². The quantitative estimate of drug-likeness (QED) is 0.654. The lowest BCUT2D eigenvalue weighted by Gasteiger charge is -2.15. The van der Waals surface area contributed by atoms with Crippen molar-refractivity contribution in [1.29, 1.82) is 0 Å². The minimum Gasteiger partial charge on any atom is -0.468 e. The lowest BCUT2D eigenvalue weighted by molar-refractivity contribution is -0.00467. The van der Waals surface area contributed by atoms with Gasteiger partial charge in [0.2, 0.25) is 6.29 Å². The molecule has 0 bridgehead atoms. The molecule has 62 valence electrons. The number of H-pyrrole nitrogens is 1. The molecule has 2 N–H and O–H groups in total. The average Bonchev–Trinajstić information content (AvgIpc) is 2.57. The van der Waals surface area contributed by atoms with Gasteiger partial charge in [-0.25, -0.2) is 0 Å². The third kappa shape index (κ3) is 1.14. The van der Waals surface area contributed by atoms with Crippen LogP contribution in [0.1, 0.15) is 5.69 Å². The van der Waals surface area contributed by atoms with E-state index in [0.717, 1.165) is 11.3 Å². The van der Waals surface area contributed by atoms with Gasteiger partial charge in [-0.15, -0.1) is 0 Å². The van der Waals surface area contributed by atoms with Gasteiger partial charge in [-0.3, -0.25) is 0 Å². The molecule has 3 nitrogen and oxygen atoms in total. The Bertz CT molecular complexity index is 311. The lowest BCUT2D eigenvalue weighted by Crippen LogP contribution is -2.13. The molecule has 0 radical (unpaired) electrons. The van der Waals surface area contributed by atoms with Crippen molar-refractivity contribution in [2.24, 2.45) is 0 Å². The highest BCUT2D eigenvalue weighted by molar-refractivity contribution is 5.67. The fraction of sp³-hybridized carbons (Fsp3) is 0.111. The van der Waals surface area contributed by atoms with Crippen molar-refractivity contribution in [1.82, 2.24) is 4.98 Å². The molecule has 1 aliphatic rings. The fourth-order valence-electron chi connectivity index (χ4n) is 1.15. The summed E-state index contributed by atoms with van der Waals surface area (Å²) in [5, 5.41) is 9.38. The second-order valence-electron chi connectivity index (χ2n) is 2.52. The van der Waals surface area contributed by atoms with E-state index in [4.69, 9.17) is 4.74 Å². The van der Waals surface area contributed by atoms with Crippen molar-refractivity contribution in [3.63, 3.8) is 0 Å². The largest absolute Gasteiger partial charge is 0.468 e. The summed E-state index contributed by atoms with van der Waals surface area (Å²) >= 11 is 0. The third-order valence-electron chi connectivity index (χ3n) is 1.74. The Morgan fingerprint density at radius 1 is 1.50 bits per heavy atom. The molecule has 0 amide bonds. The number of aromatic nitrogens is 1. The number of ether oxygens (including phenoxy) is 1. The van der Waals surface area contributed by atoms with Gasteiger partial charge in [0.15, 0.2) is 0 Å². The summed E-state index contributed by atoms with van der Waals surface area (Å²) in [5.41, 5.74) is 1.63. The number of allylic oxidation sites excluding steroid dienone is 2. The van der Waals surface area contributed by atoms with Crippen molar-refractivity contribution in [3.8, 4) is 0 Å². The highest BCUT2D eigenvalue weighted by Crippen LogP contribution is 2.20. The predicted octanol–water partition coefficient (Wildman–Crippen LogP) is 1.26. The summed E-state index contributed by atoms with van der Waals surface area (Å²) < 4.78 is 4.90. The van der Waals surface area contributed by atoms with E-state index in [9.17, 15) is 5.11 Å². The van der Waals surface area contributed by atoms with E-state index < -0.39 is 6.29 Å². The molecule has 1 aliphatic heterocycles. The van der Waals surface area contributed by atoms with Crippen LogP contribution in [0.5, 0.6) is 0 Å². The summed E-state index contributed by atoms with van der Waals surface area (Å²) in [6.45, 7) is 0. The molecule has 12 heavy (non-hydrogen) atoms. The normalized spacial score (nSPS) is 21.8. The number of nitrogens with one attached hydrogen (secondary N) is 1. The van der Waals surface area contributed by atoms with Gasteiger partial charge in [0, 0.05) is 17.5 Å². The van der Waals surface area contributed by atoms with E-state index in [2.05, 4.69) is 4.98 Å². The maximum Gasteiger partial charge on any atom is 0.225 e. The Hall–Kier alpha value is -1.48. The van der Waals surface area contributed by atoms with Crippen molar-refractivity contribution < 1.29 is 9.84 Å². The van der Waals surface area contributed by atoms with Gasteiger partial charge < -0.3 is 14.8 Å². The first kappa shape index (κ1) is 7.18. The molecule has 1 unspecified atom stereocenters. The van der Waals surface area contributed by atoms with Gasteiger partial charge in [0.25, 0.3) is 0 Å². The van der Waals surface area contributed by atoms with E-state index in [1.165, 1.54) is 6.26 Å². The summed E-state index contributed by atoms with van der Waals surface area (Å²) in [6, 6.07) is 3.76. The van der Waals surface area contributed by atoms with Crippen LogP contribution in [0.4, 0.5) is 0 Å². The van der Waals surface area contributed by atoms with Crippen molar-refractivity contribution in [3.05, 3.63) is 42.4 Å². The number of aromatic amines is 1. The molecule has 2 heterocycles. The summed E-state index contributed by atoms with van der Waals surface area (Å²) in [5.74, 6) is 0. The molecule has 0 fully saturated rings. The summed E-state index contributed by atoms with van der Waals surface area (Å²) in [4.78, 5) is 3.00. The van der Waals surface area contributed by atoms with Gasteiger partial charge in [-0.05, 0) is 24.3 Å². The lowest BCUT2D eigenvalue weighted by atomic mass is 10.1. The number of aliphatic hydroxyl groups excluding tert-OH is 1. The molecule has 0 aromatic carbocycles. The van der Waals surface area contributed by atoms with Crippen LogP contribution in [-0.4, -0.2) is 16.4 Å². The highest BCUT2D eigenvalue weighted by atomic mass is 16.6. The van der Waals surface area contributed by atoms with Crippen LogP contribution in [0.2, 0.25) is 0 Å². The Morgan fingerprint density at radius 3 is 3.08 bits per heavy atom. The molecule has 3 heteroatoms. The van der Waals surface area contributed by atoms with E-state index in [1.54, 1.807) is 12.3 Å². The van der Waals surface area contributed by atoms with Crippen LogP contribution in [0.3, 0.4) is 0 Å². The molecule has 0 spiro atoms. The number of aliphatic hydroxyl groups is 1. The minimum absolute atomic E-state index is 0.752. The maximum atomic E-state index is 9.38. The molecular weight excluding hydrogens is 154 g/mol. The second-order valence-corrected chi connectivity index (χ2v) is 2.52. The van der Waals surface area contributed by atoms with Crippen LogP contribution in [-0.2, 0) is 4.74 Å². The summed E-state index contributed by atoms with van der Waals surface area (Å²) in [6.07, 6.45) is 6.00. The van der Waals surface area contributed by atoms with E-state index >= 15 is 0 Å². The van der Waals surface area contributed by atoms with Gasteiger partial charge >= 0.3 is 0 Å². The van der Waals surface area contributed by atoms with Gasteiger partial charge in [-0.2, -0.15) is 0 Å². The van der Waals surface area contributed by atoms with Crippen LogP contribution in [0.15, 0.2) is 36.7 Å². The monoisotopic (exact) mass is 163 g/mol. The Morgan fingerprint density at radius 2 is 2.42 bits per heavy atom. The number of rotatable bonds is 1. The van der Waals surface area contributed by atoms with Crippen molar-refractivity contribution in [2.45, 2.75) is 6.29 Å². The molecule has 1 atom stereocenters. The van der Waals surface area contributed by atoms with Crippen LogP contribution < -0.4 is 0 Å². The maximum absolute atomic E-state index is 9.38. The Balaban J connectivity index is 2.34. The van der Waals surface area contributed by atoms with Gasteiger partial charge in [-0.1, -0.05) is 0 Å². The first-order valence-electron chi connectivity index (χ1n) is 3.72. The highest BCUT2D eigenvalue weighted by Gasteiger charge is 2.14. The first-order valence-corrected chi connectivity index (χ1v) is 3.72. The first-order chi connectivity index (χ1) is 5.88. The van der Waals surface area contributed by atoms with Crippen LogP contribution in [0.25, 0.3) is 5.57 Å². The fourth-order valence-corrected chi connectivity index (χ4v) is 1.15. The minimum atomic E-state index is -0.853. The molecule has 0 aliphatic carbocycles. The van der Waals surface area contributed by atoms with Crippen LogP contribution >= 0.6 is 0 Å². The van der Waals surface area contributed by atoms with Crippen molar-refractivity contribution in [2.75, 3.05) is 0 Å². The molecule has 1 aromatic heterocycles. The van der Waals surface area contributed by atoms with E-state index in [-0.39, 0.29) is 0 Å². The van der Waals surface area contributed by atoms with Gasteiger partial charge in [0.1, 0.15) is 0 Å². The number of hydrogen-bond acceptors (Lipinski definition) is 2. The van der Waals surface area contributed by atoms with Crippen molar-refractivity contribution >= 4 is 5.57 Å². The molecule has 0 saturated heterocycles. The Labute approximate surface area is 70.0 Å². The average molecular weight is 163 g/mol. The molecule has 1 aromatic rings. The standard InChI is InChI=1S/C9H9NO2/c11-9-7(3-2-6-12-9)8-4-1-5-10-8/h1-6,9-11H. The SMILES string of the molecule is OC1OC=CC=C1c1ccc[nH]1. The smallest absolute Gasteiger partial charge is 0.225 e. The zero-order valence-electron chi connectivity index (χ0n) is 6.40. The molecule has 0 saturated carbocycles. The summed E-state index contributed by atoms with van der Waals surface area (Å²) in [7, 11) is 0. The second kappa shape index (κ2) is 2.87. The van der Waals surface area contributed by atoms with E-state index in [1.807, 2.05) is 18.2 Å². The Kier molecular flexibility index (Phi) is 1.72. The van der Waals surface area contributed by atoms with Gasteiger partial charge in [0.05, 0.1) is 6.26 Å². The topological polar surface area (TPSA) is 45.2 Å². The number of hydrogen-bond donors (Lipinski definition) is 2. The third-order valence-corrected chi connectivity index (χ3v) is 1.74.